The molecular formula is C18H16BrCl3N2O7S. The standard InChI is InChI=1S/C12H12BrCl3N2O6S.C6H4O/c1-6(20)17-12(25-5-19)2-8(22)18(12)9(7(21)3-13)10(23)24-4-11(14,15)16;1-2-5-4-6(3-1)7-5/h5,21H,2-4H2,1H3,(H,17,20);1-4H. The summed E-state index contributed by atoms with van der Waals surface area (Å²) in [5, 5.41) is 12.2. The quantitative estimate of drug-likeness (QED) is 0.0950. The number of hydrogen-bond acceptors (Lipinski definition) is 8. The van der Waals surface area contributed by atoms with Crippen molar-refractivity contribution in [2.24, 2.45) is 0 Å². The van der Waals surface area contributed by atoms with Gasteiger partial charge < -0.3 is 19.9 Å². The number of esters is 1. The molecular weight excluding hydrogens is 575 g/mol. The average Bonchev–Trinajstić information content (AvgIpc) is 2.69. The third-order valence-electron chi connectivity index (χ3n) is 3.84. The molecule has 0 spiro atoms. The van der Waals surface area contributed by atoms with E-state index in [9.17, 15) is 24.3 Å². The molecule has 3 aliphatic rings. The zero-order chi connectivity index (χ0) is 24.1. The predicted octanol–water partition coefficient (Wildman–Crippen LogP) is 3.80. The lowest BCUT2D eigenvalue weighted by Crippen LogP contribution is -2.70. The summed E-state index contributed by atoms with van der Waals surface area (Å²) in [5.41, 5.74) is -0.185. The molecule has 1 saturated heterocycles. The molecule has 1 fully saturated rings. The number of nitrogens with zero attached hydrogens (tertiary/aromatic N) is 1. The molecule has 2 N–H and O–H groups in total. The summed E-state index contributed by atoms with van der Waals surface area (Å²) < 4.78 is 7.90. The van der Waals surface area contributed by atoms with Crippen LogP contribution in [-0.2, 0) is 23.9 Å². The lowest BCUT2D eigenvalue weighted by Gasteiger charge is -2.50. The first-order chi connectivity index (χ1) is 14.9. The first kappa shape index (κ1) is 26.6. The van der Waals surface area contributed by atoms with Gasteiger partial charge in [-0.1, -0.05) is 56.8 Å². The van der Waals surface area contributed by atoms with Crippen molar-refractivity contribution in [1.29, 1.82) is 0 Å². The van der Waals surface area contributed by atoms with Gasteiger partial charge in [-0.2, -0.15) is 0 Å². The van der Waals surface area contributed by atoms with E-state index >= 15 is 0 Å². The summed E-state index contributed by atoms with van der Waals surface area (Å²) in [7, 11) is 0. The van der Waals surface area contributed by atoms with Gasteiger partial charge >= 0.3 is 5.97 Å². The van der Waals surface area contributed by atoms with E-state index < -0.39 is 44.6 Å². The number of amides is 2. The number of carbonyl (C=O) groups excluding carboxylic acids is 4. The van der Waals surface area contributed by atoms with Crippen LogP contribution < -0.4 is 10.1 Å². The normalized spacial score (nSPS) is 19.2. The smallest absolute Gasteiger partial charge is 0.358 e. The van der Waals surface area contributed by atoms with E-state index in [1.165, 1.54) is 6.92 Å². The second kappa shape index (κ2) is 11.0. The molecule has 174 valence electrons. The minimum atomic E-state index is -1.91. The fourth-order valence-electron chi connectivity index (χ4n) is 2.65. The summed E-state index contributed by atoms with van der Waals surface area (Å²) in [6.45, 7) is 0.522. The Labute approximate surface area is 210 Å². The number of carbonyl (C=O) groups is 4. The fraction of sp³-hybridized carbons (Fsp3) is 0.333. The molecule has 0 saturated carbocycles. The van der Waals surface area contributed by atoms with E-state index in [0.29, 0.717) is 17.4 Å². The van der Waals surface area contributed by atoms with Crippen LogP contribution in [0.5, 0.6) is 11.5 Å². The number of fused-ring (bicyclic) bond motifs is 2. The Bertz CT molecular complexity index is 928. The van der Waals surface area contributed by atoms with Gasteiger partial charge in [0.2, 0.25) is 15.6 Å². The maximum atomic E-state index is 12.3. The van der Waals surface area contributed by atoms with Crippen LogP contribution in [0.1, 0.15) is 13.3 Å². The number of ether oxygens (including phenoxy) is 2. The third-order valence-corrected chi connectivity index (χ3v) is 5.61. The molecule has 0 aromatic heterocycles. The highest BCUT2D eigenvalue weighted by Gasteiger charge is 2.56. The number of aliphatic hydroxyl groups is 1. The van der Waals surface area contributed by atoms with E-state index in [4.69, 9.17) is 44.3 Å². The number of likely N-dealkylation sites (tertiary alicyclic amines) is 1. The molecule has 2 bridgehead atoms. The Morgan fingerprint density at radius 3 is 2.34 bits per heavy atom. The largest absolute Gasteiger partial charge is 0.509 e. The minimum Gasteiger partial charge on any atom is -0.509 e. The van der Waals surface area contributed by atoms with Crippen molar-refractivity contribution in [3.05, 3.63) is 35.7 Å². The first-order valence-electron chi connectivity index (χ1n) is 8.65. The number of hydrogen-bond donors (Lipinski definition) is 2. The lowest BCUT2D eigenvalue weighted by atomic mass is 10.1. The van der Waals surface area contributed by atoms with Crippen LogP contribution >= 0.6 is 62.5 Å². The number of allylic oxidation sites excluding steroid dienone is 1. The van der Waals surface area contributed by atoms with Gasteiger partial charge in [-0.25, -0.2) is 4.79 Å². The van der Waals surface area contributed by atoms with Gasteiger partial charge in [-0.05, 0) is 23.9 Å². The molecule has 32 heavy (non-hydrogen) atoms. The van der Waals surface area contributed by atoms with E-state index in [2.05, 4.69) is 21.2 Å². The van der Waals surface area contributed by atoms with Crippen molar-refractivity contribution >= 4 is 85.9 Å². The zero-order valence-corrected chi connectivity index (χ0v) is 20.9. The van der Waals surface area contributed by atoms with Crippen molar-refractivity contribution < 1.29 is 33.8 Å². The number of thioether (sulfide) groups is 1. The molecule has 2 amide bonds. The SMILES string of the molecule is CC(=O)NC1(SC=O)CC(=O)N1C(C(=O)OCC(Cl)(Cl)Cl)=C(O)CBr.c1cc2cc(c1)O2. The Morgan fingerprint density at radius 1 is 1.41 bits per heavy atom. The predicted molar refractivity (Wildman–Crippen MR) is 124 cm³/mol. The zero-order valence-electron chi connectivity index (χ0n) is 16.3. The highest BCUT2D eigenvalue weighted by Crippen LogP contribution is 2.42. The van der Waals surface area contributed by atoms with Crippen LogP contribution in [0.15, 0.2) is 35.7 Å². The molecule has 0 aliphatic carbocycles. The van der Waals surface area contributed by atoms with Gasteiger partial charge in [0.1, 0.15) is 23.9 Å². The number of alkyl halides is 4. The van der Waals surface area contributed by atoms with Gasteiger partial charge in [-0.3, -0.25) is 19.3 Å². The Hall–Kier alpha value is -1.66. The third kappa shape index (κ3) is 6.67. The molecule has 9 nitrogen and oxygen atoms in total. The topological polar surface area (TPSA) is 122 Å². The number of nitrogens with one attached hydrogen (secondary N) is 1. The Balaban J connectivity index is 0.000000428. The van der Waals surface area contributed by atoms with Crippen LogP contribution in [0.4, 0.5) is 0 Å². The van der Waals surface area contributed by atoms with Crippen LogP contribution in [-0.4, -0.2) is 54.1 Å². The Morgan fingerprint density at radius 2 is 2.00 bits per heavy atom. The summed E-state index contributed by atoms with van der Waals surface area (Å²) in [5.74, 6) is -0.952. The van der Waals surface area contributed by atoms with Gasteiger partial charge in [0.25, 0.3) is 0 Å². The number of β-lactam (4-membered cyclic amide) rings is 1. The highest BCUT2D eigenvalue weighted by atomic mass is 79.9. The van der Waals surface area contributed by atoms with E-state index in [1.807, 2.05) is 24.3 Å². The highest BCUT2D eigenvalue weighted by molar-refractivity contribution is 9.09. The monoisotopic (exact) mass is 588 g/mol. The van der Waals surface area contributed by atoms with Gasteiger partial charge in [0.15, 0.2) is 16.3 Å². The van der Waals surface area contributed by atoms with E-state index in [0.717, 1.165) is 16.4 Å². The summed E-state index contributed by atoms with van der Waals surface area (Å²) in [6, 6.07) is 7.86. The number of benzene rings is 1. The van der Waals surface area contributed by atoms with Crippen LogP contribution in [0, 0.1) is 0 Å². The molecule has 1 aromatic carbocycles. The number of halogens is 4. The molecule has 4 rings (SSSR count). The van der Waals surface area contributed by atoms with Crippen molar-refractivity contribution in [1.82, 2.24) is 10.2 Å². The second-order valence-electron chi connectivity index (χ2n) is 6.28. The molecule has 1 unspecified atom stereocenters. The van der Waals surface area contributed by atoms with Crippen molar-refractivity contribution in [2.45, 2.75) is 22.1 Å². The minimum absolute atomic E-state index is 0.211. The Kier molecular flexibility index (Phi) is 9.12. The van der Waals surface area contributed by atoms with Gasteiger partial charge in [0, 0.05) is 13.0 Å². The lowest BCUT2D eigenvalue weighted by molar-refractivity contribution is -0.156. The first-order valence-corrected chi connectivity index (χ1v) is 11.8. The summed E-state index contributed by atoms with van der Waals surface area (Å²) in [4.78, 5) is 46.0. The molecule has 0 radical (unpaired) electrons. The molecule has 1 atom stereocenters. The summed E-state index contributed by atoms with van der Waals surface area (Å²) >= 11 is 20.0. The van der Waals surface area contributed by atoms with Crippen molar-refractivity contribution in [3.63, 3.8) is 0 Å². The number of rotatable bonds is 7. The second-order valence-corrected chi connectivity index (χ2v) is 10.5. The van der Waals surface area contributed by atoms with Crippen LogP contribution in [0.3, 0.4) is 0 Å². The van der Waals surface area contributed by atoms with Crippen LogP contribution in [0.2, 0.25) is 0 Å². The maximum absolute atomic E-state index is 12.3. The van der Waals surface area contributed by atoms with Crippen LogP contribution in [0.25, 0.3) is 0 Å². The fourth-order valence-corrected chi connectivity index (χ4v) is 3.95. The van der Waals surface area contributed by atoms with Gasteiger partial charge in [0.05, 0.1) is 11.8 Å². The summed E-state index contributed by atoms with van der Waals surface area (Å²) in [6.07, 6.45) is -0.271. The molecule has 14 heteroatoms. The maximum Gasteiger partial charge on any atom is 0.358 e. The molecule has 1 aromatic rings. The molecule has 3 aliphatic heterocycles. The average molecular weight is 591 g/mol. The van der Waals surface area contributed by atoms with E-state index in [1.54, 1.807) is 0 Å². The van der Waals surface area contributed by atoms with Crippen molar-refractivity contribution in [2.75, 3.05) is 11.9 Å². The molecule has 3 heterocycles. The van der Waals surface area contributed by atoms with E-state index in [-0.39, 0.29) is 11.8 Å². The number of aliphatic hydroxyl groups excluding tert-OH is 1. The van der Waals surface area contributed by atoms with Crippen molar-refractivity contribution in [3.8, 4) is 11.5 Å². The van der Waals surface area contributed by atoms with Gasteiger partial charge in [-0.15, -0.1) is 0 Å².